The van der Waals surface area contributed by atoms with Crippen molar-refractivity contribution in [1.82, 2.24) is 4.57 Å². The summed E-state index contributed by atoms with van der Waals surface area (Å²) >= 11 is 5.32. The highest BCUT2D eigenvalue weighted by Gasteiger charge is 2.25. The van der Waals surface area contributed by atoms with E-state index in [9.17, 15) is 9.59 Å². The predicted octanol–water partition coefficient (Wildman–Crippen LogP) is 2.32. The number of carbonyl (C=O) groups excluding carboxylic acids is 2. The first-order chi connectivity index (χ1) is 7.36. The van der Waals surface area contributed by atoms with Gasteiger partial charge in [0.1, 0.15) is 5.88 Å². The lowest BCUT2D eigenvalue weighted by atomic mass is 9.96. The van der Waals surface area contributed by atoms with Crippen LogP contribution in [0.4, 0.5) is 0 Å². The summed E-state index contributed by atoms with van der Waals surface area (Å²) in [7, 11) is 0. The molecule has 1 rings (SSSR count). The number of ether oxygens (including phenoxy) is 1. The van der Waals surface area contributed by atoms with Gasteiger partial charge < -0.3 is 4.74 Å². The fourth-order valence-corrected chi connectivity index (χ4v) is 1.18. The zero-order valence-electron chi connectivity index (χ0n) is 9.49. The molecule has 5 heteroatoms. The van der Waals surface area contributed by atoms with E-state index in [0.717, 1.165) is 0 Å². The van der Waals surface area contributed by atoms with Crippen molar-refractivity contribution in [2.45, 2.75) is 20.8 Å². The number of aromatic nitrogens is 1. The van der Waals surface area contributed by atoms with Crippen LogP contribution in [0.3, 0.4) is 0 Å². The van der Waals surface area contributed by atoms with Gasteiger partial charge in [0.2, 0.25) is 11.8 Å². The van der Waals surface area contributed by atoms with Crippen molar-refractivity contribution < 1.29 is 14.3 Å². The molecule has 0 aliphatic rings. The largest absolute Gasteiger partial charge is 0.408 e. The molecule has 4 nitrogen and oxygen atoms in total. The fourth-order valence-electron chi connectivity index (χ4n) is 1.12. The normalized spacial score (nSPS) is 11.2. The van der Waals surface area contributed by atoms with Crippen molar-refractivity contribution >= 4 is 23.5 Å². The summed E-state index contributed by atoms with van der Waals surface area (Å²) in [6.45, 7) is 5.38. The Morgan fingerprint density at radius 3 is 2.56 bits per heavy atom. The smallest absolute Gasteiger partial charge is 0.327 e. The SMILES string of the molecule is CC(C)(C)C(=O)n1cccc1OC(=O)CCl. The highest BCUT2D eigenvalue weighted by molar-refractivity contribution is 6.26. The van der Waals surface area contributed by atoms with E-state index < -0.39 is 11.4 Å². The average Bonchev–Trinajstić information content (AvgIpc) is 2.63. The van der Waals surface area contributed by atoms with Crippen LogP contribution in [0, 0.1) is 5.41 Å². The molecule has 0 fully saturated rings. The number of nitrogens with zero attached hydrogens (tertiary/aromatic N) is 1. The first kappa shape index (κ1) is 12.8. The molecule has 16 heavy (non-hydrogen) atoms. The van der Waals surface area contributed by atoms with Crippen LogP contribution < -0.4 is 4.74 Å². The third-order valence-corrected chi connectivity index (χ3v) is 2.12. The van der Waals surface area contributed by atoms with Gasteiger partial charge in [0.15, 0.2) is 0 Å². The van der Waals surface area contributed by atoms with Crippen molar-refractivity contribution in [1.29, 1.82) is 0 Å². The lowest BCUT2D eigenvalue weighted by molar-refractivity contribution is -0.131. The van der Waals surface area contributed by atoms with Crippen LogP contribution in [-0.4, -0.2) is 22.3 Å². The number of esters is 1. The molecule has 0 saturated heterocycles. The van der Waals surface area contributed by atoms with Gasteiger partial charge in [-0.25, -0.2) is 0 Å². The van der Waals surface area contributed by atoms with Gasteiger partial charge in [0.25, 0.3) is 0 Å². The Bertz CT molecular complexity index is 404. The summed E-state index contributed by atoms with van der Waals surface area (Å²) in [4.78, 5) is 23.0. The number of carbonyl (C=O) groups is 2. The molecule has 0 aromatic carbocycles. The number of hydrogen-bond acceptors (Lipinski definition) is 3. The van der Waals surface area contributed by atoms with E-state index in [1.807, 2.05) is 0 Å². The predicted molar refractivity (Wildman–Crippen MR) is 60.9 cm³/mol. The van der Waals surface area contributed by atoms with Crippen molar-refractivity contribution in [3.63, 3.8) is 0 Å². The number of rotatable bonds is 2. The third kappa shape index (κ3) is 2.85. The summed E-state index contributed by atoms with van der Waals surface area (Å²) in [6.07, 6.45) is 1.56. The molecule has 1 heterocycles. The van der Waals surface area contributed by atoms with Crippen LogP contribution in [0.1, 0.15) is 25.6 Å². The molecule has 0 spiro atoms. The summed E-state index contributed by atoms with van der Waals surface area (Å²) in [5.74, 6) is -0.765. The van der Waals surface area contributed by atoms with Crippen molar-refractivity contribution in [2.75, 3.05) is 5.88 Å². The van der Waals surface area contributed by atoms with Crippen molar-refractivity contribution in [3.05, 3.63) is 18.3 Å². The van der Waals surface area contributed by atoms with Crippen LogP contribution in [0.2, 0.25) is 0 Å². The maximum atomic E-state index is 12.0. The van der Waals surface area contributed by atoms with E-state index >= 15 is 0 Å². The van der Waals surface area contributed by atoms with Crippen LogP contribution in [0.15, 0.2) is 18.3 Å². The Morgan fingerprint density at radius 1 is 1.44 bits per heavy atom. The zero-order valence-corrected chi connectivity index (χ0v) is 10.2. The van der Waals surface area contributed by atoms with Crippen molar-refractivity contribution in [3.8, 4) is 5.88 Å². The van der Waals surface area contributed by atoms with Crippen molar-refractivity contribution in [2.24, 2.45) is 5.41 Å². The molecule has 0 N–H and O–H groups in total. The van der Waals surface area contributed by atoms with Gasteiger partial charge in [-0.2, -0.15) is 0 Å². The van der Waals surface area contributed by atoms with E-state index in [1.165, 1.54) is 4.57 Å². The molecule has 1 aromatic heterocycles. The molecular weight excluding hydrogens is 230 g/mol. The molecule has 0 amide bonds. The van der Waals surface area contributed by atoms with Gasteiger partial charge in [-0.1, -0.05) is 20.8 Å². The first-order valence-corrected chi connectivity index (χ1v) is 5.38. The lowest BCUT2D eigenvalue weighted by Crippen LogP contribution is -2.27. The molecule has 0 saturated carbocycles. The second kappa shape index (κ2) is 4.70. The third-order valence-electron chi connectivity index (χ3n) is 1.90. The molecular formula is C11H14ClNO3. The topological polar surface area (TPSA) is 48.3 Å². The minimum Gasteiger partial charge on any atom is -0.408 e. The molecule has 0 atom stereocenters. The van der Waals surface area contributed by atoms with E-state index in [2.05, 4.69) is 0 Å². The Kier molecular flexibility index (Phi) is 3.75. The van der Waals surface area contributed by atoms with Gasteiger partial charge in [-0.05, 0) is 6.07 Å². The van der Waals surface area contributed by atoms with Crippen LogP contribution >= 0.6 is 11.6 Å². The minimum absolute atomic E-state index is 0.144. The molecule has 0 unspecified atom stereocenters. The van der Waals surface area contributed by atoms with E-state index in [4.69, 9.17) is 16.3 Å². The standard InChI is InChI=1S/C11H14ClNO3/c1-11(2,3)10(15)13-6-4-5-8(13)16-9(14)7-12/h4-6H,7H2,1-3H3. The second-order valence-electron chi connectivity index (χ2n) is 4.38. The van der Waals surface area contributed by atoms with E-state index in [0.29, 0.717) is 0 Å². The zero-order chi connectivity index (χ0) is 12.3. The minimum atomic E-state index is -0.580. The molecule has 0 bridgehead atoms. The van der Waals surface area contributed by atoms with Gasteiger partial charge in [-0.15, -0.1) is 11.6 Å². The summed E-state index contributed by atoms with van der Waals surface area (Å²) < 4.78 is 6.23. The van der Waals surface area contributed by atoms with Gasteiger partial charge in [-0.3, -0.25) is 14.2 Å². The number of hydrogen-bond donors (Lipinski definition) is 0. The highest BCUT2D eigenvalue weighted by atomic mass is 35.5. The van der Waals surface area contributed by atoms with Crippen LogP contribution in [0.25, 0.3) is 0 Å². The Balaban J connectivity index is 2.95. The molecule has 0 aliphatic carbocycles. The van der Waals surface area contributed by atoms with Gasteiger partial charge in [0.05, 0.1) is 0 Å². The molecule has 0 radical (unpaired) electrons. The Morgan fingerprint density at radius 2 is 2.06 bits per heavy atom. The maximum absolute atomic E-state index is 12.0. The summed E-state index contributed by atoms with van der Waals surface area (Å²) in [6, 6.07) is 3.19. The van der Waals surface area contributed by atoms with Crippen LogP contribution in [-0.2, 0) is 4.79 Å². The monoisotopic (exact) mass is 243 g/mol. The summed E-state index contributed by atoms with van der Waals surface area (Å²) in [5.41, 5.74) is -0.541. The first-order valence-electron chi connectivity index (χ1n) is 4.85. The Labute approximate surface area is 99.1 Å². The lowest BCUT2D eigenvalue weighted by Gasteiger charge is -2.18. The molecule has 88 valence electrons. The van der Waals surface area contributed by atoms with E-state index in [1.54, 1.807) is 39.1 Å². The highest BCUT2D eigenvalue weighted by Crippen LogP contribution is 2.21. The average molecular weight is 244 g/mol. The molecule has 0 aliphatic heterocycles. The number of halogens is 1. The molecule has 1 aromatic rings. The van der Waals surface area contributed by atoms with E-state index in [-0.39, 0.29) is 17.7 Å². The van der Waals surface area contributed by atoms with Gasteiger partial charge in [0, 0.05) is 17.7 Å². The maximum Gasteiger partial charge on any atom is 0.327 e. The second-order valence-corrected chi connectivity index (χ2v) is 4.65. The quantitative estimate of drug-likeness (QED) is 0.592. The Hall–Kier alpha value is -1.29. The number of alkyl halides is 1. The van der Waals surface area contributed by atoms with Crippen LogP contribution in [0.5, 0.6) is 5.88 Å². The summed E-state index contributed by atoms with van der Waals surface area (Å²) in [5, 5.41) is 0. The van der Waals surface area contributed by atoms with Gasteiger partial charge >= 0.3 is 5.97 Å². The fraction of sp³-hybridized carbons (Fsp3) is 0.455.